The van der Waals surface area contributed by atoms with E-state index in [1.54, 1.807) is 0 Å². The van der Waals surface area contributed by atoms with E-state index in [1.807, 2.05) is 23.8 Å². The van der Waals surface area contributed by atoms with Gasteiger partial charge in [0.2, 0.25) is 11.4 Å². The lowest BCUT2D eigenvalue weighted by Crippen LogP contribution is -2.70. The highest BCUT2D eigenvalue weighted by Gasteiger charge is 2.54. The number of carbonyl (C=O) groups is 3. The topological polar surface area (TPSA) is 246 Å². The Labute approximate surface area is 267 Å². The summed E-state index contributed by atoms with van der Waals surface area (Å²) in [6.07, 6.45) is 1.84. The molecule has 6 rings (SSSR count). The normalized spacial score (nSPS) is 18.4. The number of β-lactam (4-membered cyclic amide) rings is 1. The number of thiazole rings is 1. The third kappa shape index (κ3) is 5.53. The molecule has 5 heterocycles. The summed E-state index contributed by atoms with van der Waals surface area (Å²) in [5.74, 6) is -2.37. The average Bonchev–Trinajstić information content (AvgIpc) is 3.69. The van der Waals surface area contributed by atoms with Crippen molar-refractivity contribution in [2.45, 2.75) is 44.3 Å². The van der Waals surface area contributed by atoms with Crippen molar-refractivity contribution in [1.82, 2.24) is 35.8 Å². The number of benzene rings is 1. The van der Waals surface area contributed by atoms with Crippen molar-refractivity contribution in [3.05, 3.63) is 52.6 Å². The number of tetrazole rings is 1. The zero-order valence-corrected chi connectivity index (χ0v) is 26.1. The quantitative estimate of drug-likeness (QED) is 0.0468. The number of aromatic nitrogens is 6. The largest absolute Gasteiger partial charge is 0.504 e. The minimum absolute atomic E-state index is 0.0575. The molecule has 17 nitrogen and oxygen atoms in total. The maximum atomic E-state index is 13.7. The number of amides is 2. The average molecular weight is 668 g/mol. The number of carboxylic acids is 1. The van der Waals surface area contributed by atoms with Gasteiger partial charge in [-0.2, -0.15) is 9.78 Å². The van der Waals surface area contributed by atoms with Crippen molar-refractivity contribution < 1.29 is 39.1 Å². The Kier molecular flexibility index (Phi) is 7.72. The number of hydrogen-bond donors (Lipinski definition) is 6. The van der Waals surface area contributed by atoms with Gasteiger partial charge in [-0.25, -0.2) is 9.78 Å². The number of carboxylic acid groups (broad SMARTS) is 1. The van der Waals surface area contributed by atoms with Gasteiger partial charge in [-0.1, -0.05) is 5.16 Å². The van der Waals surface area contributed by atoms with Crippen LogP contribution in [-0.2, 0) is 25.8 Å². The first-order valence-corrected chi connectivity index (χ1v) is 15.5. The molecule has 3 aromatic heterocycles. The third-order valence-electron chi connectivity index (χ3n) is 7.40. The highest BCUT2D eigenvalue weighted by molar-refractivity contribution is 8.00. The molecule has 7 N–H and O–H groups in total. The number of anilines is 1. The van der Waals surface area contributed by atoms with Gasteiger partial charge < -0.3 is 31.2 Å². The number of nitrogens with zero attached hydrogens (tertiary/aromatic N) is 7. The molecule has 0 unspecified atom stereocenters. The number of phenolic OH excluding ortho intramolecular Hbond substituents is 2. The molecule has 46 heavy (non-hydrogen) atoms. The van der Waals surface area contributed by atoms with E-state index in [0.29, 0.717) is 23.4 Å². The first-order valence-electron chi connectivity index (χ1n) is 13.6. The van der Waals surface area contributed by atoms with E-state index in [1.165, 1.54) is 48.0 Å². The van der Waals surface area contributed by atoms with Crippen LogP contribution in [0.1, 0.15) is 31.1 Å². The first kappa shape index (κ1) is 30.7. The smallest absolute Gasteiger partial charge is 0.350 e. The summed E-state index contributed by atoms with van der Waals surface area (Å²) in [4.78, 5) is 49.4. The Hall–Kier alpha value is -5.30. The van der Waals surface area contributed by atoms with Crippen LogP contribution in [0.5, 0.6) is 11.5 Å². The van der Waals surface area contributed by atoms with Crippen molar-refractivity contribution in [1.29, 1.82) is 0 Å². The van der Waals surface area contributed by atoms with Gasteiger partial charge in [0.25, 0.3) is 11.8 Å². The van der Waals surface area contributed by atoms with Gasteiger partial charge >= 0.3 is 5.97 Å². The van der Waals surface area contributed by atoms with E-state index in [4.69, 9.17) is 10.6 Å². The third-order valence-corrected chi connectivity index (χ3v) is 9.42. The molecule has 1 fully saturated rings. The molecule has 2 aliphatic heterocycles. The molecule has 4 aromatic rings. The molecule has 0 radical (unpaired) electrons. The number of nitrogen functional groups attached to an aromatic ring is 1. The maximum absolute atomic E-state index is 13.7. The summed E-state index contributed by atoms with van der Waals surface area (Å²) in [5, 5.41) is 52.7. The monoisotopic (exact) mass is 667 g/mol. The Morgan fingerprint density at radius 1 is 1.26 bits per heavy atom. The van der Waals surface area contributed by atoms with Crippen LogP contribution in [-0.4, -0.2) is 92.1 Å². The number of aliphatic carboxylic acids is 1. The Balaban J connectivity index is 1.28. The zero-order valence-electron chi connectivity index (χ0n) is 24.5. The Bertz CT molecular complexity index is 1960. The summed E-state index contributed by atoms with van der Waals surface area (Å²) in [6, 6.07) is 3.86. The summed E-state index contributed by atoms with van der Waals surface area (Å²) in [7, 11) is 0. The second-order valence-corrected chi connectivity index (χ2v) is 13.0. The number of rotatable bonds is 9. The number of aromatic amines is 1. The number of thioether (sulfide) groups is 1. The lowest BCUT2D eigenvalue weighted by atomic mass is 10.0. The number of nitrogens with one attached hydrogen (secondary N) is 2. The summed E-state index contributed by atoms with van der Waals surface area (Å²) in [5.41, 5.74) is 5.82. The molecule has 19 heteroatoms. The van der Waals surface area contributed by atoms with E-state index >= 15 is 0 Å². The highest BCUT2D eigenvalue weighted by atomic mass is 32.2. The van der Waals surface area contributed by atoms with E-state index in [2.05, 4.69) is 36.1 Å². The fourth-order valence-electron chi connectivity index (χ4n) is 4.89. The van der Waals surface area contributed by atoms with Gasteiger partial charge in [0.1, 0.15) is 17.1 Å². The number of oxime groups is 1. The standard InChI is InChI=1S/C27H26N10O7S2/c1-11-4-12-5-16(38)17(39)6-13(12)7-36(11)8-14-9-45-24-19(23(41)37(24)20(14)21-31-34-35-32-21)30-22(40)18(15-10-46-26(28)29-15)33-44-27(2,3)25(42)43/h4-7,10,19,24H,8-9H2,1-3H3,(H6,28,29,30,31,32,34,35,39,40,42,43)/p+1/b33-18-/t19-,24-/m1/s1. The number of nitrogens with two attached hydrogens (primary N) is 1. The van der Waals surface area contributed by atoms with Crippen LogP contribution in [0.25, 0.3) is 16.5 Å². The van der Waals surface area contributed by atoms with Gasteiger partial charge in [-0.15, -0.1) is 33.3 Å². The van der Waals surface area contributed by atoms with Gasteiger partial charge in [0.05, 0.1) is 5.70 Å². The SMILES string of the molecule is Cc1cc2cc(O)c(O)cc2c[n+]1CC1=C(c2nn[nH]n2)N2C(=O)[C@@H](NC(=O)/C(=N\OC(C)(C)C(=O)O)c3csc(N)n3)[C@H]2SC1. The van der Waals surface area contributed by atoms with Crippen molar-refractivity contribution in [2.75, 3.05) is 11.5 Å². The van der Waals surface area contributed by atoms with E-state index in [0.717, 1.165) is 28.0 Å². The van der Waals surface area contributed by atoms with Crippen LogP contribution in [0, 0.1) is 6.92 Å². The van der Waals surface area contributed by atoms with Crippen LogP contribution >= 0.6 is 23.1 Å². The van der Waals surface area contributed by atoms with Gasteiger partial charge in [0.15, 0.2) is 40.8 Å². The number of aryl methyl sites for hydroxylation is 1. The minimum atomic E-state index is -1.75. The van der Waals surface area contributed by atoms with Crippen LogP contribution in [0.2, 0.25) is 0 Å². The number of phenols is 2. The van der Waals surface area contributed by atoms with Crippen molar-refractivity contribution in [3.8, 4) is 11.5 Å². The number of carbonyl (C=O) groups excluding carboxylic acids is 2. The molecular weight excluding hydrogens is 640 g/mol. The first-order chi connectivity index (χ1) is 21.8. The fourth-order valence-corrected chi connectivity index (χ4v) is 6.77. The van der Waals surface area contributed by atoms with Crippen LogP contribution in [0.4, 0.5) is 5.13 Å². The van der Waals surface area contributed by atoms with E-state index in [-0.39, 0.29) is 33.9 Å². The molecule has 0 spiro atoms. The lowest BCUT2D eigenvalue weighted by molar-refractivity contribution is -0.693. The molecule has 1 aromatic carbocycles. The fraction of sp³-hybridized carbons (Fsp3) is 0.296. The number of fused-ring (bicyclic) bond motifs is 2. The van der Waals surface area contributed by atoms with Crippen LogP contribution in [0.15, 0.2) is 40.5 Å². The van der Waals surface area contributed by atoms with Crippen LogP contribution in [0.3, 0.4) is 0 Å². The number of aromatic hydroxyl groups is 2. The lowest BCUT2D eigenvalue weighted by Gasteiger charge is -2.49. The molecular formula is C27H27N10O7S2+. The molecule has 2 amide bonds. The molecule has 1 saturated heterocycles. The Morgan fingerprint density at radius 3 is 2.65 bits per heavy atom. The molecule has 2 atom stereocenters. The Morgan fingerprint density at radius 2 is 2.00 bits per heavy atom. The maximum Gasteiger partial charge on any atom is 0.350 e. The number of pyridine rings is 1. The van der Waals surface area contributed by atoms with Crippen molar-refractivity contribution >= 4 is 68.2 Å². The predicted octanol–water partition coefficient (Wildman–Crippen LogP) is 0.494. The van der Waals surface area contributed by atoms with Gasteiger partial charge in [-0.05, 0) is 36.6 Å². The van der Waals surface area contributed by atoms with E-state index < -0.39 is 34.8 Å². The molecule has 2 aliphatic rings. The van der Waals surface area contributed by atoms with E-state index in [9.17, 15) is 29.7 Å². The van der Waals surface area contributed by atoms with Crippen molar-refractivity contribution in [3.63, 3.8) is 0 Å². The second-order valence-electron chi connectivity index (χ2n) is 11.0. The summed E-state index contributed by atoms with van der Waals surface area (Å²) < 4.78 is 1.94. The molecule has 0 saturated carbocycles. The minimum Gasteiger partial charge on any atom is -0.504 e. The molecule has 0 aliphatic carbocycles. The molecule has 0 bridgehead atoms. The highest BCUT2D eigenvalue weighted by Crippen LogP contribution is 2.43. The zero-order chi connectivity index (χ0) is 32.9. The van der Waals surface area contributed by atoms with Crippen LogP contribution < -0.4 is 15.6 Å². The summed E-state index contributed by atoms with van der Waals surface area (Å²) >= 11 is 2.47. The second kappa shape index (κ2) is 11.6. The van der Waals surface area contributed by atoms with Gasteiger partial charge in [0, 0.05) is 35.1 Å². The van der Waals surface area contributed by atoms with Gasteiger partial charge in [-0.3, -0.25) is 14.5 Å². The summed E-state index contributed by atoms with van der Waals surface area (Å²) in [6.45, 7) is 4.77. The molecule has 238 valence electrons. The predicted molar refractivity (Wildman–Crippen MR) is 164 cm³/mol. The van der Waals surface area contributed by atoms with Crippen molar-refractivity contribution in [2.24, 2.45) is 5.16 Å². The number of hydrogen-bond acceptors (Lipinski definition) is 14. The number of H-pyrrole nitrogens is 1.